The molecule has 0 spiro atoms. The Kier molecular flexibility index (Phi) is 3.91. The molecule has 0 radical (unpaired) electrons. The molecule has 0 aromatic heterocycles. The minimum absolute atomic E-state index is 0.153. The maximum Gasteiger partial charge on any atom is 0.0542 e. The van der Waals surface area contributed by atoms with Crippen molar-refractivity contribution in [3.63, 3.8) is 0 Å². The van der Waals surface area contributed by atoms with Crippen molar-refractivity contribution in [2.45, 2.75) is 31.7 Å². The second-order valence-electron chi connectivity index (χ2n) is 4.30. The molecule has 2 N–H and O–H groups in total. The molecule has 1 unspecified atom stereocenters. The SMILES string of the molecule is NC(CCC1CC1)c1ccc(I)c(Cl)c1. The molecule has 15 heavy (non-hydrogen) atoms. The van der Waals surface area contributed by atoms with Crippen molar-refractivity contribution in [2.24, 2.45) is 11.7 Å². The van der Waals surface area contributed by atoms with Crippen molar-refractivity contribution in [2.75, 3.05) is 0 Å². The molecule has 1 aromatic carbocycles. The summed E-state index contributed by atoms with van der Waals surface area (Å²) in [4.78, 5) is 0. The first-order chi connectivity index (χ1) is 7.16. The molecular formula is C12H15ClIN. The fraction of sp³-hybridized carbons (Fsp3) is 0.500. The summed E-state index contributed by atoms with van der Waals surface area (Å²) in [6.07, 6.45) is 5.16. The van der Waals surface area contributed by atoms with Gasteiger partial charge < -0.3 is 5.73 Å². The lowest BCUT2D eigenvalue weighted by Gasteiger charge is -2.12. The van der Waals surface area contributed by atoms with Gasteiger partial charge in [0.05, 0.1) is 5.02 Å². The monoisotopic (exact) mass is 335 g/mol. The Labute approximate surface area is 110 Å². The molecule has 0 saturated heterocycles. The Bertz CT molecular complexity index is 349. The quantitative estimate of drug-likeness (QED) is 0.823. The lowest BCUT2D eigenvalue weighted by Crippen LogP contribution is -2.10. The van der Waals surface area contributed by atoms with Crippen LogP contribution in [0, 0.1) is 9.49 Å². The van der Waals surface area contributed by atoms with Gasteiger partial charge in [-0.25, -0.2) is 0 Å². The molecular weight excluding hydrogens is 320 g/mol. The van der Waals surface area contributed by atoms with Crippen LogP contribution in [0.5, 0.6) is 0 Å². The summed E-state index contributed by atoms with van der Waals surface area (Å²) in [5.41, 5.74) is 7.30. The molecule has 0 amide bonds. The van der Waals surface area contributed by atoms with E-state index in [9.17, 15) is 0 Å². The summed E-state index contributed by atoms with van der Waals surface area (Å²) in [5.74, 6) is 0.954. The normalized spacial score (nSPS) is 17.8. The molecule has 1 aliphatic rings. The van der Waals surface area contributed by atoms with Crippen molar-refractivity contribution in [1.82, 2.24) is 0 Å². The minimum atomic E-state index is 0.153. The second-order valence-corrected chi connectivity index (χ2v) is 5.87. The smallest absolute Gasteiger partial charge is 0.0542 e. The fourth-order valence-corrected chi connectivity index (χ4v) is 2.26. The third kappa shape index (κ3) is 3.33. The van der Waals surface area contributed by atoms with Gasteiger partial charge in [-0.2, -0.15) is 0 Å². The summed E-state index contributed by atoms with van der Waals surface area (Å²) in [6, 6.07) is 6.28. The average molecular weight is 336 g/mol. The molecule has 1 atom stereocenters. The molecule has 3 heteroatoms. The highest BCUT2D eigenvalue weighted by atomic mass is 127. The lowest BCUT2D eigenvalue weighted by atomic mass is 10.0. The van der Waals surface area contributed by atoms with E-state index in [-0.39, 0.29) is 6.04 Å². The van der Waals surface area contributed by atoms with E-state index in [1.165, 1.54) is 24.8 Å². The lowest BCUT2D eigenvalue weighted by molar-refractivity contribution is 0.575. The second kappa shape index (κ2) is 5.02. The average Bonchev–Trinajstić information content (AvgIpc) is 3.02. The van der Waals surface area contributed by atoms with Gasteiger partial charge in [0.25, 0.3) is 0 Å². The van der Waals surface area contributed by atoms with Crippen LogP contribution in [0.25, 0.3) is 0 Å². The van der Waals surface area contributed by atoms with Gasteiger partial charge in [-0.1, -0.05) is 30.5 Å². The molecule has 1 fully saturated rings. The summed E-state index contributed by atoms with van der Waals surface area (Å²) < 4.78 is 1.09. The first-order valence-electron chi connectivity index (χ1n) is 5.37. The summed E-state index contributed by atoms with van der Waals surface area (Å²) in [6.45, 7) is 0. The van der Waals surface area contributed by atoms with Gasteiger partial charge in [-0.05, 0) is 59.0 Å². The zero-order valence-corrected chi connectivity index (χ0v) is 11.5. The Hall–Kier alpha value is 0.200. The zero-order valence-electron chi connectivity index (χ0n) is 8.55. The molecule has 2 rings (SSSR count). The van der Waals surface area contributed by atoms with E-state index in [0.717, 1.165) is 20.9 Å². The molecule has 0 bridgehead atoms. The van der Waals surface area contributed by atoms with Gasteiger partial charge in [0.15, 0.2) is 0 Å². The summed E-state index contributed by atoms with van der Waals surface area (Å²) >= 11 is 8.30. The Morgan fingerprint density at radius 3 is 2.80 bits per heavy atom. The van der Waals surface area contributed by atoms with E-state index >= 15 is 0 Å². The summed E-state index contributed by atoms with van der Waals surface area (Å²) in [5, 5.41) is 0.815. The number of nitrogens with two attached hydrogens (primary N) is 1. The predicted octanol–water partition coefficient (Wildman–Crippen LogP) is 4.13. The molecule has 0 aliphatic heterocycles. The van der Waals surface area contributed by atoms with Crippen LogP contribution in [0.1, 0.15) is 37.3 Å². The highest BCUT2D eigenvalue weighted by Crippen LogP contribution is 2.35. The highest BCUT2D eigenvalue weighted by Gasteiger charge is 2.22. The standard InChI is InChI=1S/C12H15ClIN/c13-10-7-9(4-5-11(10)14)12(15)6-3-8-1-2-8/h4-5,7-8,12H,1-3,6,15H2. The van der Waals surface area contributed by atoms with Crippen LogP contribution < -0.4 is 5.73 Å². The largest absolute Gasteiger partial charge is 0.324 e. The third-order valence-electron chi connectivity index (χ3n) is 2.95. The van der Waals surface area contributed by atoms with Crippen LogP contribution >= 0.6 is 34.2 Å². The molecule has 0 heterocycles. The van der Waals surface area contributed by atoms with Crippen molar-refractivity contribution in [3.05, 3.63) is 32.4 Å². The first-order valence-corrected chi connectivity index (χ1v) is 6.83. The van der Waals surface area contributed by atoms with Crippen LogP contribution in [0.2, 0.25) is 5.02 Å². The predicted molar refractivity (Wildman–Crippen MR) is 73.1 cm³/mol. The van der Waals surface area contributed by atoms with E-state index in [0.29, 0.717) is 0 Å². The Morgan fingerprint density at radius 1 is 1.47 bits per heavy atom. The number of benzene rings is 1. The van der Waals surface area contributed by atoms with Gasteiger partial charge in [0.2, 0.25) is 0 Å². The van der Waals surface area contributed by atoms with Crippen molar-refractivity contribution >= 4 is 34.2 Å². The number of halogens is 2. The van der Waals surface area contributed by atoms with E-state index in [1.807, 2.05) is 12.1 Å². The van der Waals surface area contributed by atoms with Gasteiger partial charge in [-0.15, -0.1) is 0 Å². The number of hydrogen-bond donors (Lipinski definition) is 1. The number of rotatable bonds is 4. The Morgan fingerprint density at radius 2 is 2.20 bits per heavy atom. The maximum atomic E-state index is 6.13. The molecule has 82 valence electrons. The van der Waals surface area contributed by atoms with Crippen LogP contribution in [0.4, 0.5) is 0 Å². The molecule has 1 aliphatic carbocycles. The minimum Gasteiger partial charge on any atom is -0.324 e. The highest BCUT2D eigenvalue weighted by molar-refractivity contribution is 14.1. The van der Waals surface area contributed by atoms with E-state index in [1.54, 1.807) is 0 Å². The van der Waals surface area contributed by atoms with Gasteiger partial charge in [-0.3, -0.25) is 0 Å². The van der Waals surface area contributed by atoms with E-state index in [4.69, 9.17) is 17.3 Å². The molecule has 1 saturated carbocycles. The fourth-order valence-electron chi connectivity index (χ4n) is 1.73. The van der Waals surface area contributed by atoms with Crippen LogP contribution in [-0.2, 0) is 0 Å². The first kappa shape index (κ1) is 11.7. The van der Waals surface area contributed by atoms with E-state index in [2.05, 4.69) is 28.7 Å². The maximum absolute atomic E-state index is 6.13. The van der Waals surface area contributed by atoms with Gasteiger partial charge >= 0.3 is 0 Å². The van der Waals surface area contributed by atoms with E-state index < -0.39 is 0 Å². The Balaban J connectivity index is 1.97. The van der Waals surface area contributed by atoms with Crippen LogP contribution in [-0.4, -0.2) is 0 Å². The van der Waals surface area contributed by atoms with Crippen LogP contribution in [0.15, 0.2) is 18.2 Å². The van der Waals surface area contributed by atoms with Crippen molar-refractivity contribution in [1.29, 1.82) is 0 Å². The van der Waals surface area contributed by atoms with Crippen molar-refractivity contribution in [3.8, 4) is 0 Å². The van der Waals surface area contributed by atoms with Gasteiger partial charge in [0.1, 0.15) is 0 Å². The van der Waals surface area contributed by atoms with Gasteiger partial charge in [0, 0.05) is 9.61 Å². The third-order valence-corrected chi connectivity index (χ3v) is 4.53. The number of hydrogen-bond acceptors (Lipinski definition) is 1. The molecule has 1 aromatic rings. The summed E-state index contributed by atoms with van der Waals surface area (Å²) in [7, 11) is 0. The zero-order chi connectivity index (χ0) is 10.8. The topological polar surface area (TPSA) is 26.0 Å². The van der Waals surface area contributed by atoms with Crippen molar-refractivity contribution < 1.29 is 0 Å². The van der Waals surface area contributed by atoms with Crippen LogP contribution in [0.3, 0.4) is 0 Å². The molecule has 1 nitrogen and oxygen atoms in total.